The molecule has 1 heterocycles. The van der Waals surface area contributed by atoms with E-state index in [4.69, 9.17) is 33.3 Å². The first-order chi connectivity index (χ1) is 13.5. The Morgan fingerprint density at radius 1 is 1.29 bits per heavy atom. The number of aromatic amines is 1. The molecule has 0 aliphatic heterocycles. The number of methoxy groups -OCH3 is 1. The van der Waals surface area contributed by atoms with Gasteiger partial charge in [-0.3, -0.25) is 9.89 Å². The van der Waals surface area contributed by atoms with Crippen LogP contribution in [0.4, 0.5) is 0 Å². The Morgan fingerprint density at radius 2 is 2.07 bits per heavy atom. The summed E-state index contributed by atoms with van der Waals surface area (Å²) in [6.45, 7) is 1.86. The fourth-order valence-corrected chi connectivity index (χ4v) is 2.72. The highest BCUT2D eigenvalue weighted by atomic mass is 35.5. The molecule has 0 bridgehead atoms. The summed E-state index contributed by atoms with van der Waals surface area (Å²) in [6, 6.07) is 12.7. The molecule has 3 rings (SSSR count). The molecule has 0 amide bonds. The Kier molecular flexibility index (Phi) is 6.23. The van der Waals surface area contributed by atoms with Crippen LogP contribution >= 0.6 is 23.8 Å². The molecule has 3 aromatic rings. The van der Waals surface area contributed by atoms with Crippen LogP contribution < -0.4 is 15.0 Å². The van der Waals surface area contributed by atoms with Crippen LogP contribution in [0.3, 0.4) is 0 Å². The monoisotopic (exact) mass is 416 g/mol. The highest BCUT2D eigenvalue weighted by Gasteiger charge is 2.08. The van der Waals surface area contributed by atoms with E-state index in [0.717, 1.165) is 10.2 Å². The lowest BCUT2D eigenvalue weighted by molar-refractivity contribution is 0.284. The maximum absolute atomic E-state index is 12.1. The zero-order valence-corrected chi connectivity index (χ0v) is 16.8. The number of hydrogen-bond acceptors (Lipinski definition) is 6. The van der Waals surface area contributed by atoms with Gasteiger partial charge in [0.1, 0.15) is 12.3 Å². The number of nitrogens with one attached hydrogen (secondary N) is 1. The molecule has 0 saturated heterocycles. The molecule has 0 radical (unpaired) electrons. The predicted octanol–water partition coefficient (Wildman–Crippen LogP) is 3.73. The molecule has 0 saturated carbocycles. The van der Waals surface area contributed by atoms with Gasteiger partial charge in [0, 0.05) is 10.6 Å². The van der Waals surface area contributed by atoms with Crippen LogP contribution in [-0.2, 0) is 6.61 Å². The van der Waals surface area contributed by atoms with Crippen molar-refractivity contribution < 1.29 is 9.47 Å². The minimum absolute atomic E-state index is 0.107. The van der Waals surface area contributed by atoms with E-state index in [-0.39, 0.29) is 22.6 Å². The van der Waals surface area contributed by atoms with Gasteiger partial charge in [-0.1, -0.05) is 29.8 Å². The third-order valence-electron chi connectivity index (χ3n) is 3.86. The highest BCUT2D eigenvalue weighted by molar-refractivity contribution is 7.71. The molecule has 144 valence electrons. The van der Waals surface area contributed by atoms with Gasteiger partial charge in [0.2, 0.25) is 4.77 Å². The van der Waals surface area contributed by atoms with E-state index in [1.54, 1.807) is 38.3 Å². The van der Waals surface area contributed by atoms with Crippen LogP contribution in [0.25, 0.3) is 0 Å². The molecule has 2 aromatic carbocycles. The van der Waals surface area contributed by atoms with E-state index in [1.165, 1.54) is 6.21 Å². The molecule has 0 unspecified atom stereocenters. The van der Waals surface area contributed by atoms with Gasteiger partial charge in [0.05, 0.1) is 13.3 Å². The zero-order valence-electron chi connectivity index (χ0n) is 15.2. The fraction of sp³-hybridized carbons (Fsp3) is 0.158. The smallest absolute Gasteiger partial charge is 0.296 e. The Bertz CT molecular complexity index is 1140. The second-order valence-electron chi connectivity index (χ2n) is 5.77. The third kappa shape index (κ3) is 4.47. The summed E-state index contributed by atoms with van der Waals surface area (Å²) in [5.74, 6) is 1.09. The number of halogens is 1. The van der Waals surface area contributed by atoms with Crippen LogP contribution in [0, 0.1) is 11.7 Å². The first-order valence-corrected chi connectivity index (χ1v) is 9.05. The average molecular weight is 417 g/mol. The van der Waals surface area contributed by atoms with Crippen molar-refractivity contribution in [1.29, 1.82) is 0 Å². The number of rotatable bonds is 6. The van der Waals surface area contributed by atoms with Gasteiger partial charge in [-0.25, -0.2) is 0 Å². The van der Waals surface area contributed by atoms with Crippen LogP contribution in [0.1, 0.15) is 16.8 Å². The number of benzene rings is 2. The maximum Gasteiger partial charge on any atom is 0.296 e. The molecule has 1 aromatic heterocycles. The van der Waals surface area contributed by atoms with Crippen molar-refractivity contribution in [1.82, 2.24) is 14.9 Å². The van der Waals surface area contributed by atoms with Crippen LogP contribution in [0.2, 0.25) is 5.02 Å². The van der Waals surface area contributed by atoms with Crippen molar-refractivity contribution in [3.63, 3.8) is 0 Å². The Labute approximate surface area is 171 Å². The van der Waals surface area contributed by atoms with Crippen LogP contribution in [0.15, 0.2) is 52.4 Å². The molecule has 9 heteroatoms. The van der Waals surface area contributed by atoms with Crippen molar-refractivity contribution in [2.24, 2.45) is 5.10 Å². The summed E-state index contributed by atoms with van der Waals surface area (Å²) in [7, 11) is 1.56. The van der Waals surface area contributed by atoms with Gasteiger partial charge in [0.15, 0.2) is 11.5 Å². The first kappa shape index (κ1) is 19.8. The van der Waals surface area contributed by atoms with Crippen molar-refractivity contribution >= 4 is 30.0 Å². The summed E-state index contributed by atoms with van der Waals surface area (Å²) in [4.78, 5) is 12.1. The van der Waals surface area contributed by atoms with E-state index < -0.39 is 0 Å². The number of aromatic nitrogens is 3. The molecular weight excluding hydrogens is 400 g/mol. The second kappa shape index (κ2) is 8.81. The van der Waals surface area contributed by atoms with E-state index >= 15 is 0 Å². The fourth-order valence-electron chi connectivity index (χ4n) is 2.36. The highest BCUT2D eigenvalue weighted by Crippen LogP contribution is 2.29. The number of aryl methyl sites for hydroxylation is 1. The summed E-state index contributed by atoms with van der Waals surface area (Å²) in [5, 5.41) is 11.2. The normalized spacial score (nSPS) is 11.0. The summed E-state index contributed by atoms with van der Waals surface area (Å²) >= 11 is 11.2. The second-order valence-corrected chi connectivity index (χ2v) is 6.56. The molecule has 0 atom stereocenters. The number of hydrogen-bond donors (Lipinski definition) is 1. The topological polar surface area (TPSA) is 81.5 Å². The van der Waals surface area contributed by atoms with E-state index in [9.17, 15) is 4.79 Å². The van der Waals surface area contributed by atoms with Crippen LogP contribution in [0.5, 0.6) is 11.5 Å². The minimum Gasteiger partial charge on any atom is -0.493 e. The maximum atomic E-state index is 12.1. The van der Waals surface area contributed by atoms with Crippen molar-refractivity contribution in [2.45, 2.75) is 13.5 Å². The summed E-state index contributed by atoms with van der Waals surface area (Å²) in [6.07, 6.45) is 1.51. The van der Waals surface area contributed by atoms with Gasteiger partial charge in [-0.15, -0.1) is 0 Å². The molecule has 1 N–H and O–H groups in total. The van der Waals surface area contributed by atoms with Crippen LogP contribution in [-0.4, -0.2) is 28.2 Å². The van der Waals surface area contributed by atoms with Gasteiger partial charge in [-0.2, -0.15) is 14.9 Å². The van der Waals surface area contributed by atoms with Gasteiger partial charge in [0.25, 0.3) is 5.56 Å². The first-order valence-electron chi connectivity index (χ1n) is 8.26. The lowest BCUT2D eigenvalue weighted by Crippen LogP contribution is -2.22. The Balaban J connectivity index is 1.87. The Hall–Kier alpha value is -2.97. The average Bonchev–Trinajstić information content (AvgIpc) is 2.70. The van der Waals surface area contributed by atoms with Gasteiger partial charge < -0.3 is 9.47 Å². The van der Waals surface area contributed by atoms with E-state index in [2.05, 4.69) is 15.3 Å². The van der Waals surface area contributed by atoms with E-state index in [1.807, 2.05) is 18.2 Å². The van der Waals surface area contributed by atoms with Crippen molar-refractivity contribution in [3.05, 3.63) is 79.4 Å². The lowest BCUT2D eigenvalue weighted by atomic mass is 10.2. The zero-order chi connectivity index (χ0) is 20.1. The quantitative estimate of drug-likeness (QED) is 0.489. The summed E-state index contributed by atoms with van der Waals surface area (Å²) in [5.41, 5.74) is 1.44. The van der Waals surface area contributed by atoms with Crippen molar-refractivity contribution in [2.75, 3.05) is 7.11 Å². The molecule has 0 aliphatic rings. The standard InChI is InChI=1S/C19H17ClN4O3S/c1-12-18(25)24(19(28)23-22-12)21-10-13-7-8-16(26-2)17(9-13)27-11-14-5-3-4-6-15(14)20/h3-10H,11H2,1-2H3,(H,23,28)/b21-10+. The molecule has 0 fully saturated rings. The van der Waals surface area contributed by atoms with Gasteiger partial charge >= 0.3 is 0 Å². The molecule has 0 spiro atoms. The van der Waals surface area contributed by atoms with Gasteiger partial charge in [-0.05, 0) is 49.0 Å². The predicted molar refractivity (Wildman–Crippen MR) is 110 cm³/mol. The Morgan fingerprint density at radius 3 is 2.82 bits per heavy atom. The molecule has 7 nitrogen and oxygen atoms in total. The number of ether oxygens (including phenoxy) is 2. The van der Waals surface area contributed by atoms with E-state index in [0.29, 0.717) is 22.1 Å². The van der Waals surface area contributed by atoms with Crippen molar-refractivity contribution in [3.8, 4) is 11.5 Å². The molecule has 28 heavy (non-hydrogen) atoms. The molecule has 0 aliphatic carbocycles. The minimum atomic E-state index is -0.385. The third-order valence-corrected chi connectivity index (χ3v) is 4.50. The number of nitrogens with zero attached hydrogens (tertiary/aromatic N) is 3. The largest absolute Gasteiger partial charge is 0.493 e. The lowest BCUT2D eigenvalue weighted by Gasteiger charge is -2.12. The summed E-state index contributed by atoms with van der Waals surface area (Å²) < 4.78 is 12.4. The SMILES string of the molecule is COc1ccc(/C=N/n2c(=S)[nH]nc(C)c2=O)cc1OCc1ccccc1Cl. The number of H-pyrrole nitrogens is 1. The molecular formula is C19H17ClN4O3S.